The number of H-pyrrole nitrogens is 1. The molecule has 2 N–H and O–H groups in total. The van der Waals surface area contributed by atoms with Crippen molar-refractivity contribution in [3.8, 4) is 0 Å². The van der Waals surface area contributed by atoms with Gasteiger partial charge in [0.2, 0.25) is 5.82 Å². The predicted octanol–water partition coefficient (Wildman–Crippen LogP) is 3.32. The van der Waals surface area contributed by atoms with E-state index in [1.165, 1.54) is 0 Å². The average molecular weight is 293 g/mol. The molecule has 1 amide bonds. The highest BCUT2D eigenvalue weighted by Crippen LogP contribution is 2.21. The van der Waals surface area contributed by atoms with Crippen LogP contribution in [0.1, 0.15) is 42.8 Å². The molecule has 0 aliphatic rings. The van der Waals surface area contributed by atoms with Crippen LogP contribution in [0.3, 0.4) is 0 Å². The molecule has 20 heavy (non-hydrogen) atoms. The highest BCUT2D eigenvalue weighted by Gasteiger charge is 2.21. The van der Waals surface area contributed by atoms with E-state index in [-0.39, 0.29) is 17.1 Å². The van der Waals surface area contributed by atoms with Crippen LogP contribution in [0.4, 0.5) is 5.69 Å². The van der Waals surface area contributed by atoms with Crippen molar-refractivity contribution >= 4 is 23.2 Å². The van der Waals surface area contributed by atoms with E-state index < -0.39 is 0 Å². The van der Waals surface area contributed by atoms with E-state index in [0.717, 1.165) is 5.56 Å². The molecule has 0 spiro atoms. The Morgan fingerprint density at radius 1 is 1.35 bits per heavy atom. The van der Waals surface area contributed by atoms with Crippen LogP contribution in [0.15, 0.2) is 18.2 Å². The maximum atomic E-state index is 12.1. The Morgan fingerprint density at radius 3 is 2.60 bits per heavy atom. The van der Waals surface area contributed by atoms with E-state index in [0.29, 0.717) is 16.5 Å². The first-order valence-corrected chi connectivity index (χ1v) is 6.65. The lowest BCUT2D eigenvalue weighted by Crippen LogP contribution is -2.16. The van der Waals surface area contributed by atoms with Gasteiger partial charge < -0.3 is 5.32 Å². The molecule has 0 fully saturated rings. The molecular formula is C14H17ClN4O. The van der Waals surface area contributed by atoms with Gasteiger partial charge in [-0.15, -0.1) is 5.10 Å². The summed E-state index contributed by atoms with van der Waals surface area (Å²) in [6, 6.07) is 5.33. The Kier molecular flexibility index (Phi) is 3.81. The van der Waals surface area contributed by atoms with E-state index in [4.69, 9.17) is 11.6 Å². The van der Waals surface area contributed by atoms with Gasteiger partial charge in [0.15, 0.2) is 0 Å². The molecule has 0 radical (unpaired) electrons. The lowest BCUT2D eigenvalue weighted by molar-refractivity contribution is 0.101. The number of rotatable bonds is 2. The zero-order valence-electron chi connectivity index (χ0n) is 11.9. The zero-order valence-corrected chi connectivity index (χ0v) is 12.7. The molecule has 6 heteroatoms. The maximum Gasteiger partial charge on any atom is 0.295 e. The first-order valence-electron chi connectivity index (χ1n) is 6.28. The van der Waals surface area contributed by atoms with Crippen molar-refractivity contribution in [2.75, 3.05) is 5.32 Å². The van der Waals surface area contributed by atoms with Crippen molar-refractivity contribution in [3.63, 3.8) is 0 Å². The number of amides is 1. The van der Waals surface area contributed by atoms with E-state index >= 15 is 0 Å². The summed E-state index contributed by atoms with van der Waals surface area (Å²) >= 11 is 6.02. The summed E-state index contributed by atoms with van der Waals surface area (Å²) in [5, 5.41) is 10.0. The fraction of sp³-hybridized carbons (Fsp3) is 0.357. The molecule has 2 rings (SSSR count). The number of aryl methyl sites for hydroxylation is 1. The predicted molar refractivity (Wildman–Crippen MR) is 79.2 cm³/mol. The smallest absolute Gasteiger partial charge is 0.295 e. The third-order valence-electron chi connectivity index (χ3n) is 2.83. The van der Waals surface area contributed by atoms with Crippen molar-refractivity contribution < 1.29 is 4.79 Å². The normalized spacial score (nSPS) is 11.4. The minimum atomic E-state index is -0.364. The first kappa shape index (κ1) is 14.5. The summed E-state index contributed by atoms with van der Waals surface area (Å²) < 4.78 is 0. The van der Waals surface area contributed by atoms with Crippen LogP contribution < -0.4 is 5.32 Å². The van der Waals surface area contributed by atoms with Gasteiger partial charge in [0, 0.05) is 16.1 Å². The third-order valence-corrected chi connectivity index (χ3v) is 3.24. The highest BCUT2D eigenvalue weighted by atomic mass is 35.5. The van der Waals surface area contributed by atoms with Crippen molar-refractivity contribution in [1.82, 2.24) is 15.2 Å². The summed E-state index contributed by atoms with van der Waals surface area (Å²) in [7, 11) is 0. The number of benzene rings is 1. The topological polar surface area (TPSA) is 70.7 Å². The van der Waals surface area contributed by atoms with Gasteiger partial charge in [-0.05, 0) is 24.6 Å². The molecule has 2 aromatic rings. The van der Waals surface area contributed by atoms with Crippen LogP contribution in [0.2, 0.25) is 5.02 Å². The van der Waals surface area contributed by atoms with Crippen molar-refractivity contribution in [3.05, 3.63) is 40.4 Å². The standard InChI is InChI=1S/C14H17ClN4O/c1-8-5-6-9(7-10(8)15)16-12(20)11-17-13(19-18-11)14(2,3)4/h5-7H,1-4H3,(H,16,20)(H,17,18,19). The third kappa shape index (κ3) is 3.17. The summed E-state index contributed by atoms with van der Waals surface area (Å²) in [6.07, 6.45) is 0. The lowest BCUT2D eigenvalue weighted by Gasteiger charge is -2.12. The first-order chi connectivity index (χ1) is 9.27. The number of carbonyl (C=O) groups excluding carboxylic acids is 1. The minimum Gasteiger partial charge on any atom is -0.319 e. The fourth-order valence-electron chi connectivity index (χ4n) is 1.56. The average Bonchev–Trinajstić information content (AvgIpc) is 2.83. The quantitative estimate of drug-likeness (QED) is 0.892. The highest BCUT2D eigenvalue weighted by molar-refractivity contribution is 6.31. The van der Waals surface area contributed by atoms with Gasteiger partial charge in [-0.1, -0.05) is 38.4 Å². The van der Waals surface area contributed by atoms with Gasteiger partial charge in [0.1, 0.15) is 5.82 Å². The Labute approximate surface area is 122 Å². The van der Waals surface area contributed by atoms with E-state index in [2.05, 4.69) is 20.5 Å². The molecule has 0 atom stereocenters. The molecule has 0 aliphatic carbocycles. The molecule has 0 saturated heterocycles. The Balaban J connectivity index is 2.16. The number of carbonyl (C=O) groups is 1. The lowest BCUT2D eigenvalue weighted by atomic mass is 9.96. The molecule has 0 bridgehead atoms. The van der Waals surface area contributed by atoms with Gasteiger partial charge in [-0.25, -0.2) is 4.98 Å². The second-order valence-electron chi connectivity index (χ2n) is 5.68. The summed E-state index contributed by atoms with van der Waals surface area (Å²) in [6.45, 7) is 7.89. The molecule has 5 nitrogen and oxygen atoms in total. The largest absolute Gasteiger partial charge is 0.319 e. The molecule has 1 heterocycles. The number of aromatic nitrogens is 3. The van der Waals surface area contributed by atoms with Crippen molar-refractivity contribution in [2.24, 2.45) is 0 Å². The Bertz CT molecular complexity index is 643. The SMILES string of the molecule is Cc1ccc(NC(=O)c2n[nH]c(C(C)(C)C)n2)cc1Cl. The summed E-state index contributed by atoms with van der Waals surface area (Å²) in [5.41, 5.74) is 1.39. The molecule has 0 aliphatic heterocycles. The van der Waals surface area contributed by atoms with E-state index in [1.807, 2.05) is 33.8 Å². The summed E-state index contributed by atoms with van der Waals surface area (Å²) in [5.74, 6) is 0.424. The molecule has 1 aromatic carbocycles. The zero-order chi connectivity index (χ0) is 14.9. The summed E-state index contributed by atoms with van der Waals surface area (Å²) in [4.78, 5) is 16.3. The van der Waals surface area contributed by atoms with E-state index in [1.54, 1.807) is 12.1 Å². The van der Waals surface area contributed by atoms with Gasteiger partial charge >= 0.3 is 0 Å². The Morgan fingerprint density at radius 2 is 2.05 bits per heavy atom. The van der Waals surface area contributed by atoms with Crippen molar-refractivity contribution in [1.29, 1.82) is 0 Å². The molecule has 0 unspecified atom stereocenters. The second kappa shape index (κ2) is 5.25. The maximum absolute atomic E-state index is 12.1. The minimum absolute atomic E-state index is 0.117. The Hall–Kier alpha value is -1.88. The van der Waals surface area contributed by atoms with Crippen LogP contribution in [0.5, 0.6) is 0 Å². The van der Waals surface area contributed by atoms with Gasteiger partial charge in [-0.2, -0.15) is 0 Å². The van der Waals surface area contributed by atoms with Crippen LogP contribution in [0.25, 0.3) is 0 Å². The van der Waals surface area contributed by atoms with Crippen LogP contribution >= 0.6 is 11.6 Å². The van der Waals surface area contributed by atoms with Gasteiger partial charge in [0.05, 0.1) is 0 Å². The number of nitrogens with one attached hydrogen (secondary N) is 2. The van der Waals surface area contributed by atoms with Crippen LogP contribution in [-0.2, 0) is 5.41 Å². The van der Waals surface area contributed by atoms with Gasteiger partial charge in [-0.3, -0.25) is 9.89 Å². The molecule has 106 valence electrons. The second-order valence-corrected chi connectivity index (χ2v) is 6.08. The number of aromatic amines is 1. The van der Waals surface area contributed by atoms with Crippen LogP contribution in [-0.4, -0.2) is 21.1 Å². The molecular weight excluding hydrogens is 276 g/mol. The van der Waals surface area contributed by atoms with Gasteiger partial charge in [0.25, 0.3) is 5.91 Å². The number of hydrogen-bond donors (Lipinski definition) is 2. The number of halogens is 1. The fourth-order valence-corrected chi connectivity index (χ4v) is 1.74. The van der Waals surface area contributed by atoms with Crippen LogP contribution in [0, 0.1) is 6.92 Å². The van der Waals surface area contributed by atoms with Crippen molar-refractivity contribution in [2.45, 2.75) is 33.1 Å². The number of nitrogens with zero attached hydrogens (tertiary/aromatic N) is 2. The monoisotopic (exact) mass is 292 g/mol. The number of hydrogen-bond acceptors (Lipinski definition) is 3. The molecule has 1 aromatic heterocycles. The molecule has 0 saturated carbocycles. The van der Waals surface area contributed by atoms with E-state index in [9.17, 15) is 4.79 Å². The number of anilines is 1.